The van der Waals surface area contributed by atoms with E-state index in [2.05, 4.69) is 10.1 Å². The summed E-state index contributed by atoms with van der Waals surface area (Å²) in [7, 11) is 1.87. The first-order valence-corrected chi connectivity index (χ1v) is 4.09. The Morgan fingerprint density at radius 3 is 3.00 bits per heavy atom. The SMILES string of the molecule is Cn1ccc(N=C(N)C2CC2)n1. The van der Waals surface area contributed by atoms with Gasteiger partial charge in [-0.05, 0) is 12.8 Å². The van der Waals surface area contributed by atoms with E-state index in [1.54, 1.807) is 4.68 Å². The van der Waals surface area contributed by atoms with Crippen molar-refractivity contribution < 1.29 is 0 Å². The molecule has 1 heterocycles. The molecule has 1 aromatic heterocycles. The summed E-state index contributed by atoms with van der Waals surface area (Å²) in [5.41, 5.74) is 5.72. The van der Waals surface area contributed by atoms with Gasteiger partial charge in [-0.3, -0.25) is 4.68 Å². The third-order valence-corrected chi connectivity index (χ3v) is 1.94. The molecule has 0 bridgehead atoms. The number of hydrogen-bond acceptors (Lipinski definition) is 2. The van der Waals surface area contributed by atoms with Crippen molar-refractivity contribution in [3.05, 3.63) is 12.3 Å². The highest BCUT2D eigenvalue weighted by atomic mass is 15.3. The van der Waals surface area contributed by atoms with Crippen molar-refractivity contribution in [1.29, 1.82) is 0 Å². The molecule has 0 saturated heterocycles. The molecule has 0 spiro atoms. The third-order valence-electron chi connectivity index (χ3n) is 1.94. The molecule has 1 aromatic rings. The van der Waals surface area contributed by atoms with Gasteiger partial charge in [0.05, 0.1) is 0 Å². The van der Waals surface area contributed by atoms with Gasteiger partial charge in [0.15, 0.2) is 5.82 Å². The van der Waals surface area contributed by atoms with Crippen molar-refractivity contribution in [3.63, 3.8) is 0 Å². The van der Waals surface area contributed by atoms with Crippen molar-refractivity contribution in [2.24, 2.45) is 23.7 Å². The van der Waals surface area contributed by atoms with Crippen LogP contribution >= 0.6 is 0 Å². The van der Waals surface area contributed by atoms with Gasteiger partial charge in [0.2, 0.25) is 0 Å². The molecule has 0 aliphatic heterocycles. The quantitative estimate of drug-likeness (QED) is 0.519. The summed E-state index contributed by atoms with van der Waals surface area (Å²) in [4.78, 5) is 4.20. The van der Waals surface area contributed by atoms with Gasteiger partial charge in [0, 0.05) is 25.2 Å². The zero-order valence-corrected chi connectivity index (χ0v) is 7.07. The van der Waals surface area contributed by atoms with Gasteiger partial charge in [-0.1, -0.05) is 0 Å². The Bertz CT molecular complexity index is 309. The summed E-state index contributed by atoms with van der Waals surface area (Å²) in [5, 5.41) is 4.11. The Balaban J connectivity index is 2.15. The van der Waals surface area contributed by atoms with E-state index in [0.717, 1.165) is 5.84 Å². The molecule has 1 saturated carbocycles. The lowest BCUT2D eigenvalue weighted by molar-refractivity contribution is 0.768. The molecule has 1 fully saturated rings. The first-order chi connectivity index (χ1) is 5.75. The van der Waals surface area contributed by atoms with Gasteiger partial charge in [0.1, 0.15) is 5.84 Å². The molecule has 12 heavy (non-hydrogen) atoms. The summed E-state index contributed by atoms with van der Waals surface area (Å²) in [6, 6.07) is 1.86. The molecule has 4 nitrogen and oxygen atoms in total. The van der Waals surface area contributed by atoms with E-state index < -0.39 is 0 Å². The predicted octanol–water partition coefficient (Wildman–Crippen LogP) is 0.819. The molecule has 1 aliphatic rings. The number of hydrogen-bond donors (Lipinski definition) is 1. The van der Waals surface area contributed by atoms with Gasteiger partial charge >= 0.3 is 0 Å². The van der Waals surface area contributed by atoms with Gasteiger partial charge in [-0.15, -0.1) is 0 Å². The molecule has 0 amide bonds. The number of amidine groups is 1. The first kappa shape index (κ1) is 7.34. The number of aliphatic imine (C=N–C) groups is 1. The lowest BCUT2D eigenvalue weighted by Gasteiger charge is -1.92. The number of aromatic nitrogens is 2. The second-order valence-corrected chi connectivity index (χ2v) is 3.16. The summed E-state index contributed by atoms with van der Waals surface area (Å²) in [6.07, 6.45) is 4.23. The van der Waals surface area contributed by atoms with Crippen LogP contribution in [-0.2, 0) is 7.05 Å². The minimum absolute atomic E-state index is 0.520. The fourth-order valence-electron chi connectivity index (χ4n) is 1.07. The smallest absolute Gasteiger partial charge is 0.175 e. The van der Waals surface area contributed by atoms with E-state index in [0.29, 0.717) is 11.7 Å². The van der Waals surface area contributed by atoms with Crippen molar-refractivity contribution in [2.75, 3.05) is 0 Å². The second kappa shape index (κ2) is 2.62. The number of nitrogens with zero attached hydrogens (tertiary/aromatic N) is 3. The predicted molar refractivity (Wildman–Crippen MR) is 47.2 cm³/mol. The lowest BCUT2D eigenvalue weighted by Crippen LogP contribution is -2.13. The fraction of sp³-hybridized carbons (Fsp3) is 0.500. The number of nitrogens with two attached hydrogens (primary N) is 1. The van der Waals surface area contributed by atoms with Crippen LogP contribution in [0.4, 0.5) is 5.82 Å². The molecule has 64 valence electrons. The standard InChI is InChI=1S/C8H12N4/c1-12-5-4-7(11-12)10-8(9)6-2-3-6/h4-6H,2-3H2,1H3,(H2,9,10,11). The van der Waals surface area contributed by atoms with E-state index >= 15 is 0 Å². The van der Waals surface area contributed by atoms with Gasteiger partial charge < -0.3 is 5.73 Å². The van der Waals surface area contributed by atoms with Crippen LogP contribution in [0.2, 0.25) is 0 Å². The molecule has 2 N–H and O–H groups in total. The number of rotatable bonds is 2. The third kappa shape index (κ3) is 1.47. The molecular formula is C8H12N4. The molecule has 1 aliphatic carbocycles. The maximum absolute atomic E-state index is 5.72. The van der Waals surface area contributed by atoms with E-state index in [9.17, 15) is 0 Å². The maximum Gasteiger partial charge on any atom is 0.175 e. The van der Waals surface area contributed by atoms with Crippen molar-refractivity contribution in [2.45, 2.75) is 12.8 Å². The summed E-state index contributed by atoms with van der Waals surface area (Å²) >= 11 is 0. The Kier molecular flexibility index (Phi) is 1.60. The van der Waals surface area contributed by atoms with Crippen LogP contribution in [-0.4, -0.2) is 15.6 Å². The zero-order valence-electron chi connectivity index (χ0n) is 7.07. The highest BCUT2D eigenvalue weighted by Gasteiger charge is 2.25. The van der Waals surface area contributed by atoms with Crippen LogP contribution in [0.15, 0.2) is 17.3 Å². The molecule has 2 rings (SSSR count). The van der Waals surface area contributed by atoms with Gasteiger partial charge in [0.25, 0.3) is 0 Å². The monoisotopic (exact) mass is 164 g/mol. The Morgan fingerprint density at radius 1 is 1.75 bits per heavy atom. The summed E-state index contributed by atoms with van der Waals surface area (Å²) < 4.78 is 1.72. The maximum atomic E-state index is 5.72. The minimum atomic E-state index is 0.520. The van der Waals surface area contributed by atoms with Crippen molar-refractivity contribution in [3.8, 4) is 0 Å². The van der Waals surface area contributed by atoms with Crippen molar-refractivity contribution in [1.82, 2.24) is 9.78 Å². The van der Waals surface area contributed by atoms with Crippen LogP contribution in [0.1, 0.15) is 12.8 Å². The molecule has 0 aromatic carbocycles. The molecule has 0 radical (unpaired) electrons. The van der Waals surface area contributed by atoms with Crippen molar-refractivity contribution >= 4 is 11.7 Å². The Hall–Kier alpha value is -1.32. The highest BCUT2D eigenvalue weighted by Crippen LogP contribution is 2.29. The average Bonchev–Trinajstić information content (AvgIpc) is 2.78. The number of aryl methyl sites for hydroxylation is 1. The van der Waals surface area contributed by atoms with E-state index in [1.807, 2.05) is 19.3 Å². The largest absolute Gasteiger partial charge is 0.387 e. The first-order valence-electron chi connectivity index (χ1n) is 4.09. The highest BCUT2D eigenvalue weighted by molar-refractivity contribution is 5.86. The molecule has 0 unspecified atom stereocenters. The molecule has 0 atom stereocenters. The van der Waals surface area contributed by atoms with Crippen LogP contribution in [0.3, 0.4) is 0 Å². The zero-order chi connectivity index (χ0) is 8.55. The molecular weight excluding hydrogens is 152 g/mol. The van der Waals surface area contributed by atoms with Gasteiger partial charge in [-0.2, -0.15) is 5.10 Å². The summed E-state index contributed by atoms with van der Waals surface area (Å²) in [6.45, 7) is 0. The van der Waals surface area contributed by atoms with E-state index in [4.69, 9.17) is 5.73 Å². The van der Waals surface area contributed by atoms with Crippen LogP contribution in [0.25, 0.3) is 0 Å². The lowest BCUT2D eigenvalue weighted by atomic mass is 10.4. The average molecular weight is 164 g/mol. The Morgan fingerprint density at radius 2 is 2.50 bits per heavy atom. The minimum Gasteiger partial charge on any atom is -0.387 e. The van der Waals surface area contributed by atoms with E-state index in [1.165, 1.54) is 12.8 Å². The topological polar surface area (TPSA) is 56.2 Å². The van der Waals surface area contributed by atoms with Crippen LogP contribution in [0.5, 0.6) is 0 Å². The summed E-state index contributed by atoms with van der Waals surface area (Å²) in [5.74, 6) is 1.96. The second-order valence-electron chi connectivity index (χ2n) is 3.16. The van der Waals surface area contributed by atoms with Gasteiger partial charge in [-0.25, -0.2) is 4.99 Å². The van der Waals surface area contributed by atoms with Crippen LogP contribution < -0.4 is 5.73 Å². The Labute approximate surface area is 71.1 Å². The fourth-order valence-corrected chi connectivity index (χ4v) is 1.07. The molecule has 4 heteroatoms. The van der Waals surface area contributed by atoms with E-state index in [-0.39, 0.29) is 0 Å². The van der Waals surface area contributed by atoms with Crippen LogP contribution in [0, 0.1) is 5.92 Å². The normalized spacial score (nSPS) is 18.2.